The number of hydrogen-bond acceptors (Lipinski definition) is 9. The summed E-state index contributed by atoms with van der Waals surface area (Å²) in [7, 11) is 0. The topological polar surface area (TPSA) is 157 Å². The van der Waals surface area contributed by atoms with E-state index in [1.54, 1.807) is 13.0 Å². The highest BCUT2D eigenvalue weighted by Crippen LogP contribution is 2.47. The Morgan fingerprint density at radius 2 is 1.77 bits per heavy atom. The first-order chi connectivity index (χ1) is 14.1. The molecule has 2 aliphatic rings. The molecule has 0 unspecified atom stereocenters. The summed E-state index contributed by atoms with van der Waals surface area (Å²) >= 11 is 0. The molecule has 168 valence electrons. The quantitative estimate of drug-likeness (QED) is 0.332. The summed E-state index contributed by atoms with van der Waals surface area (Å²) < 4.78 is 10.9. The van der Waals surface area contributed by atoms with Gasteiger partial charge in [0.05, 0.1) is 31.3 Å². The Morgan fingerprint density at radius 3 is 2.37 bits per heavy atom. The molecule has 0 aromatic heterocycles. The molecule has 1 aromatic rings. The number of ether oxygens (including phenoxy) is 2. The second kappa shape index (κ2) is 8.60. The summed E-state index contributed by atoms with van der Waals surface area (Å²) in [4.78, 5) is 12.9. The molecule has 30 heavy (non-hydrogen) atoms. The highest BCUT2D eigenvalue weighted by Gasteiger charge is 2.50. The fourth-order valence-corrected chi connectivity index (χ4v) is 4.35. The van der Waals surface area contributed by atoms with Crippen molar-refractivity contribution >= 4 is 5.78 Å². The number of carbonyl (C=O) groups excluding carboxylic acids is 1. The summed E-state index contributed by atoms with van der Waals surface area (Å²) in [6, 6.07) is 1.75. The molecule has 1 aliphatic carbocycles. The average Bonchev–Trinajstić information content (AvgIpc) is 2.91. The molecular weight excluding hydrogens is 396 g/mol. The van der Waals surface area contributed by atoms with Gasteiger partial charge in [0.15, 0.2) is 12.1 Å². The predicted molar refractivity (Wildman–Crippen MR) is 104 cm³/mol. The third-order valence-corrected chi connectivity index (χ3v) is 6.42. The van der Waals surface area contributed by atoms with Gasteiger partial charge in [0, 0.05) is 5.56 Å². The summed E-state index contributed by atoms with van der Waals surface area (Å²) in [6.07, 6.45) is -7.44. The summed E-state index contributed by atoms with van der Waals surface area (Å²) in [6.45, 7) is 4.25. The van der Waals surface area contributed by atoms with Crippen molar-refractivity contribution in [2.24, 2.45) is 5.41 Å². The van der Waals surface area contributed by atoms with Crippen LogP contribution in [-0.4, -0.2) is 86.9 Å². The molecule has 3 rings (SSSR count). The molecule has 0 bridgehead atoms. The van der Waals surface area contributed by atoms with E-state index in [1.807, 2.05) is 6.92 Å². The molecule has 1 fully saturated rings. The highest BCUT2D eigenvalue weighted by atomic mass is 16.7. The van der Waals surface area contributed by atoms with E-state index in [0.717, 1.165) is 11.1 Å². The first-order valence-corrected chi connectivity index (χ1v) is 9.97. The predicted octanol–water partition coefficient (Wildman–Crippen LogP) is -1.11. The van der Waals surface area contributed by atoms with Gasteiger partial charge in [0.1, 0.15) is 24.4 Å². The van der Waals surface area contributed by atoms with Crippen LogP contribution in [-0.2, 0) is 15.9 Å². The van der Waals surface area contributed by atoms with Gasteiger partial charge in [-0.3, -0.25) is 4.79 Å². The summed E-state index contributed by atoms with van der Waals surface area (Å²) in [5.41, 5.74) is 2.02. The van der Waals surface area contributed by atoms with Crippen LogP contribution in [0.5, 0.6) is 0 Å². The molecular formula is C21H30O9. The van der Waals surface area contributed by atoms with E-state index < -0.39 is 55.4 Å². The van der Waals surface area contributed by atoms with E-state index in [9.17, 15) is 35.4 Å². The fourth-order valence-electron chi connectivity index (χ4n) is 4.35. The van der Waals surface area contributed by atoms with E-state index in [2.05, 4.69) is 0 Å². The lowest BCUT2D eigenvalue weighted by atomic mass is 9.84. The Hall–Kier alpha value is -1.43. The van der Waals surface area contributed by atoms with Crippen molar-refractivity contribution < 1.29 is 44.9 Å². The maximum atomic E-state index is 12.9. The van der Waals surface area contributed by atoms with Crippen molar-refractivity contribution in [1.29, 1.82) is 0 Å². The molecule has 9 heteroatoms. The number of ketones is 1. The second-order valence-electron chi connectivity index (χ2n) is 8.39. The number of benzene rings is 1. The van der Waals surface area contributed by atoms with Gasteiger partial charge in [-0.05, 0) is 49.4 Å². The molecule has 6 N–H and O–H groups in total. The Kier molecular flexibility index (Phi) is 6.66. The van der Waals surface area contributed by atoms with Crippen LogP contribution < -0.4 is 0 Å². The standard InChI is InChI=1S/C21H30O9/c1-9-6-12-14(19(28)21(3,8-23)18(12)27)10(2)11(9)4-5-29-20-17(26)16(25)15(24)13(7-22)30-20/h6,13,15-18,20,22-27H,4-5,7-8H2,1-3H3/t13-,15+,16+,17-,18+,20-,21+/m1/s1. The van der Waals surface area contributed by atoms with Gasteiger partial charge in [-0.25, -0.2) is 0 Å². The number of Topliss-reactive ketones (excluding diaryl/α,β-unsaturated/α-hetero) is 1. The first-order valence-electron chi connectivity index (χ1n) is 9.97. The van der Waals surface area contributed by atoms with Gasteiger partial charge in [-0.1, -0.05) is 6.07 Å². The van der Waals surface area contributed by atoms with Gasteiger partial charge in [0.25, 0.3) is 0 Å². The molecule has 1 heterocycles. The van der Waals surface area contributed by atoms with Crippen LogP contribution in [0.4, 0.5) is 0 Å². The van der Waals surface area contributed by atoms with Crippen molar-refractivity contribution in [2.45, 2.75) is 64.0 Å². The van der Waals surface area contributed by atoms with Crippen molar-refractivity contribution in [3.8, 4) is 0 Å². The summed E-state index contributed by atoms with van der Waals surface area (Å²) in [5, 5.41) is 59.2. The molecule has 0 saturated carbocycles. The van der Waals surface area contributed by atoms with Crippen LogP contribution in [0.3, 0.4) is 0 Å². The second-order valence-corrected chi connectivity index (χ2v) is 8.39. The number of aliphatic hydroxyl groups is 6. The number of aryl methyl sites for hydroxylation is 1. The number of hydrogen-bond donors (Lipinski definition) is 6. The lowest BCUT2D eigenvalue weighted by Crippen LogP contribution is -2.59. The Bertz CT molecular complexity index is 808. The van der Waals surface area contributed by atoms with Gasteiger partial charge in [-0.2, -0.15) is 0 Å². The fraction of sp³-hybridized carbons (Fsp3) is 0.667. The molecule has 0 radical (unpaired) electrons. The Morgan fingerprint density at radius 1 is 1.10 bits per heavy atom. The third kappa shape index (κ3) is 3.59. The van der Waals surface area contributed by atoms with Crippen LogP contribution in [0.2, 0.25) is 0 Å². The zero-order valence-electron chi connectivity index (χ0n) is 17.3. The van der Waals surface area contributed by atoms with Crippen LogP contribution in [0.25, 0.3) is 0 Å². The van der Waals surface area contributed by atoms with Gasteiger partial charge >= 0.3 is 0 Å². The molecule has 9 nitrogen and oxygen atoms in total. The van der Waals surface area contributed by atoms with E-state index in [-0.39, 0.29) is 12.4 Å². The summed E-state index contributed by atoms with van der Waals surface area (Å²) in [5.74, 6) is -0.305. The normalized spacial score (nSPS) is 36.2. The van der Waals surface area contributed by atoms with E-state index in [1.165, 1.54) is 6.92 Å². The van der Waals surface area contributed by atoms with Gasteiger partial charge in [0.2, 0.25) is 0 Å². The molecule has 0 spiro atoms. The zero-order chi connectivity index (χ0) is 22.4. The third-order valence-electron chi connectivity index (χ3n) is 6.42. The number of aliphatic hydroxyl groups excluding tert-OH is 6. The van der Waals surface area contributed by atoms with Crippen molar-refractivity contribution in [2.75, 3.05) is 19.8 Å². The molecule has 1 saturated heterocycles. The monoisotopic (exact) mass is 426 g/mol. The lowest BCUT2D eigenvalue weighted by molar-refractivity contribution is -0.300. The Balaban J connectivity index is 1.76. The van der Waals surface area contributed by atoms with Crippen molar-refractivity contribution in [3.63, 3.8) is 0 Å². The largest absolute Gasteiger partial charge is 0.395 e. The SMILES string of the molecule is Cc1cc2c(c(C)c1CCO[C@@H]1O[C@H](CO)[C@H](O)[C@H](O)[C@H]1O)C(=O)[C@@](C)(CO)[C@H]2O. The van der Waals surface area contributed by atoms with Crippen LogP contribution in [0.1, 0.15) is 45.6 Å². The lowest BCUT2D eigenvalue weighted by Gasteiger charge is -2.39. The number of rotatable bonds is 6. The van der Waals surface area contributed by atoms with Crippen LogP contribution in [0.15, 0.2) is 6.07 Å². The molecule has 7 atom stereocenters. The minimum absolute atomic E-state index is 0.0805. The maximum absolute atomic E-state index is 12.9. The molecule has 0 amide bonds. The first kappa shape index (κ1) is 23.2. The van der Waals surface area contributed by atoms with Gasteiger partial charge in [-0.15, -0.1) is 0 Å². The minimum Gasteiger partial charge on any atom is -0.395 e. The van der Waals surface area contributed by atoms with Crippen LogP contribution in [0, 0.1) is 19.3 Å². The zero-order valence-corrected chi connectivity index (χ0v) is 17.3. The van der Waals surface area contributed by atoms with E-state index in [0.29, 0.717) is 23.1 Å². The van der Waals surface area contributed by atoms with Gasteiger partial charge < -0.3 is 40.1 Å². The number of carbonyl (C=O) groups is 1. The van der Waals surface area contributed by atoms with Crippen molar-refractivity contribution in [3.05, 3.63) is 33.9 Å². The number of fused-ring (bicyclic) bond motifs is 1. The highest BCUT2D eigenvalue weighted by molar-refractivity contribution is 6.07. The molecule has 1 aliphatic heterocycles. The minimum atomic E-state index is -1.51. The Labute approximate surface area is 174 Å². The molecule has 1 aromatic carbocycles. The van der Waals surface area contributed by atoms with Crippen molar-refractivity contribution in [1.82, 2.24) is 0 Å². The average molecular weight is 426 g/mol. The smallest absolute Gasteiger partial charge is 0.186 e. The van der Waals surface area contributed by atoms with Crippen LogP contribution >= 0.6 is 0 Å². The maximum Gasteiger partial charge on any atom is 0.186 e. The van der Waals surface area contributed by atoms with E-state index >= 15 is 0 Å². The van der Waals surface area contributed by atoms with E-state index in [4.69, 9.17) is 9.47 Å².